The highest BCUT2D eigenvalue weighted by molar-refractivity contribution is 5.91. The van der Waals surface area contributed by atoms with Gasteiger partial charge in [-0.25, -0.2) is 0 Å². The molecule has 0 aromatic heterocycles. The summed E-state index contributed by atoms with van der Waals surface area (Å²) in [7, 11) is 0. The van der Waals surface area contributed by atoms with Crippen molar-refractivity contribution >= 4 is 11.6 Å². The number of nitrogens with one attached hydrogen (secondary N) is 1. The number of anilines is 1. The van der Waals surface area contributed by atoms with Gasteiger partial charge >= 0.3 is 0 Å². The third-order valence-corrected chi connectivity index (χ3v) is 3.09. The highest BCUT2D eigenvalue weighted by Crippen LogP contribution is 2.15. The van der Waals surface area contributed by atoms with Crippen LogP contribution in [0.5, 0.6) is 5.75 Å². The Morgan fingerprint density at radius 1 is 1.10 bits per heavy atom. The van der Waals surface area contributed by atoms with Crippen LogP contribution < -0.4 is 11.1 Å². The van der Waals surface area contributed by atoms with Crippen LogP contribution in [0.1, 0.15) is 17.5 Å². The molecule has 2 aromatic carbocycles. The number of hydrogen-bond donors (Lipinski definition) is 3. The zero-order chi connectivity index (χ0) is 14.4. The second kappa shape index (κ2) is 6.73. The molecule has 20 heavy (non-hydrogen) atoms. The van der Waals surface area contributed by atoms with Gasteiger partial charge < -0.3 is 16.2 Å². The van der Waals surface area contributed by atoms with Crippen LogP contribution in [-0.4, -0.2) is 11.0 Å². The molecule has 0 fully saturated rings. The second-order valence-corrected chi connectivity index (χ2v) is 4.58. The average molecular weight is 270 g/mol. The molecule has 0 heterocycles. The van der Waals surface area contributed by atoms with Crippen molar-refractivity contribution in [1.29, 1.82) is 0 Å². The standard InChI is InChI=1S/C16H18N2O2/c17-11-13-3-1-2-4-15(13)18-16(20)10-7-12-5-8-14(19)9-6-12/h1-6,8-9,19H,7,10-11,17H2,(H,18,20). The van der Waals surface area contributed by atoms with Gasteiger partial charge in [0.05, 0.1) is 0 Å². The summed E-state index contributed by atoms with van der Waals surface area (Å²) < 4.78 is 0. The number of para-hydroxylation sites is 1. The molecule has 2 aromatic rings. The molecule has 0 aliphatic rings. The van der Waals surface area contributed by atoms with Crippen molar-refractivity contribution in [2.75, 3.05) is 5.32 Å². The fraction of sp³-hybridized carbons (Fsp3) is 0.188. The third-order valence-electron chi connectivity index (χ3n) is 3.09. The Morgan fingerprint density at radius 3 is 2.50 bits per heavy atom. The highest BCUT2D eigenvalue weighted by atomic mass is 16.3. The zero-order valence-corrected chi connectivity index (χ0v) is 11.2. The van der Waals surface area contributed by atoms with Crippen LogP contribution in [0.15, 0.2) is 48.5 Å². The fourth-order valence-corrected chi connectivity index (χ4v) is 1.95. The molecule has 104 valence electrons. The molecule has 1 amide bonds. The van der Waals surface area contributed by atoms with Crippen LogP contribution in [-0.2, 0) is 17.8 Å². The number of phenols is 1. The van der Waals surface area contributed by atoms with Crippen LogP contribution in [0.2, 0.25) is 0 Å². The van der Waals surface area contributed by atoms with Crippen molar-refractivity contribution < 1.29 is 9.90 Å². The quantitative estimate of drug-likeness (QED) is 0.781. The van der Waals surface area contributed by atoms with Crippen LogP contribution in [0.25, 0.3) is 0 Å². The fourth-order valence-electron chi connectivity index (χ4n) is 1.95. The van der Waals surface area contributed by atoms with Gasteiger partial charge in [0.15, 0.2) is 0 Å². The Kier molecular flexibility index (Phi) is 4.74. The van der Waals surface area contributed by atoms with E-state index in [0.29, 0.717) is 19.4 Å². The summed E-state index contributed by atoms with van der Waals surface area (Å²) in [5.41, 5.74) is 8.34. The average Bonchev–Trinajstić information content (AvgIpc) is 2.47. The molecular formula is C16H18N2O2. The minimum atomic E-state index is -0.0426. The SMILES string of the molecule is NCc1ccccc1NC(=O)CCc1ccc(O)cc1. The van der Waals surface area contributed by atoms with Crippen molar-refractivity contribution in [3.05, 3.63) is 59.7 Å². The predicted molar refractivity (Wildman–Crippen MR) is 79.4 cm³/mol. The molecule has 0 spiro atoms. The van der Waals surface area contributed by atoms with Gasteiger partial charge in [0.2, 0.25) is 5.91 Å². The van der Waals surface area contributed by atoms with Gasteiger partial charge in [-0.1, -0.05) is 30.3 Å². The molecule has 0 saturated carbocycles. The van der Waals surface area contributed by atoms with Crippen molar-refractivity contribution in [2.24, 2.45) is 5.73 Å². The number of carbonyl (C=O) groups excluding carboxylic acids is 1. The number of amides is 1. The lowest BCUT2D eigenvalue weighted by Crippen LogP contribution is -2.14. The van der Waals surface area contributed by atoms with Gasteiger partial charge in [-0.05, 0) is 35.7 Å². The van der Waals surface area contributed by atoms with Crippen LogP contribution in [0.3, 0.4) is 0 Å². The first-order chi connectivity index (χ1) is 9.69. The number of phenolic OH excluding ortho intramolecular Hbond substituents is 1. The van der Waals surface area contributed by atoms with Crippen molar-refractivity contribution in [3.8, 4) is 5.75 Å². The molecule has 2 rings (SSSR count). The number of aromatic hydroxyl groups is 1. The number of aryl methyl sites for hydroxylation is 1. The largest absolute Gasteiger partial charge is 0.508 e. The number of rotatable bonds is 5. The summed E-state index contributed by atoms with van der Waals surface area (Å²) in [6, 6.07) is 14.4. The van der Waals surface area contributed by atoms with E-state index in [-0.39, 0.29) is 11.7 Å². The van der Waals surface area contributed by atoms with Crippen LogP contribution >= 0.6 is 0 Å². The van der Waals surface area contributed by atoms with Crippen LogP contribution in [0, 0.1) is 0 Å². The maximum atomic E-state index is 11.9. The van der Waals surface area contributed by atoms with E-state index >= 15 is 0 Å². The topological polar surface area (TPSA) is 75.3 Å². The van der Waals surface area contributed by atoms with Gasteiger partial charge in [0, 0.05) is 18.7 Å². The van der Waals surface area contributed by atoms with E-state index in [9.17, 15) is 9.90 Å². The molecule has 4 heteroatoms. The molecule has 0 aliphatic heterocycles. The number of hydrogen-bond acceptors (Lipinski definition) is 3. The maximum absolute atomic E-state index is 11.9. The Hall–Kier alpha value is -2.33. The van der Waals surface area contributed by atoms with E-state index in [1.165, 1.54) is 0 Å². The first kappa shape index (κ1) is 14.1. The molecule has 0 atom stereocenters. The van der Waals surface area contributed by atoms with E-state index in [2.05, 4.69) is 5.32 Å². The Bertz CT molecular complexity index is 579. The van der Waals surface area contributed by atoms with Gasteiger partial charge in [-0.3, -0.25) is 4.79 Å². The lowest BCUT2D eigenvalue weighted by molar-refractivity contribution is -0.116. The normalized spacial score (nSPS) is 10.2. The maximum Gasteiger partial charge on any atom is 0.224 e. The molecule has 0 saturated heterocycles. The summed E-state index contributed by atoms with van der Waals surface area (Å²) in [4.78, 5) is 11.9. The summed E-state index contributed by atoms with van der Waals surface area (Å²) in [5, 5.41) is 12.1. The smallest absolute Gasteiger partial charge is 0.224 e. The Labute approximate surface area is 118 Å². The van der Waals surface area contributed by atoms with Gasteiger partial charge in [-0.15, -0.1) is 0 Å². The van der Waals surface area contributed by atoms with Gasteiger partial charge in [-0.2, -0.15) is 0 Å². The van der Waals surface area contributed by atoms with Crippen molar-refractivity contribution in [2.45, 2.75) is 19.4 Å². The highest BCUT2D eigenvalue weighted by Gasteiger charge is 2.06. The zero-order valence-electron chi connectivity index (χ0n) is 11.2. The van der Waals surface area contributed by atoms with Crippen molar-refractivity contribution in [3.63, 3.8) is 0 Å². The van der Waals surface area contributed by atoms with Gasteiger partial charge in [0.1, 0.15) is 5.75 Å². The minimum Gasteiger partial charge on any atom is -0.508 e. The molecular weight excluding hydrogens is 252 g/mol. The predicted octanol–water partition coefficient (Wildman–Crippen LogP) is 2.42. The van der Waals surface area contributed by atoms with Crippen LogP contribution in [0.4, 0.5) is 5.69 Å². The minimum absolute atomic E-state index is 0.0426. The summed E-state index contributed by atoms with van der Waals surface area (Å²) in [5.74, 6) is 0.189. The molecule has 0 radical (unpaired) electrons. The van der Waals surface area contributed by atoms with E-state index in [0.717, 1.165) is 16.8 Å². The summed E-state index contributed by atoms with van der Waals surface area (Å²) in [6.07, 6.45) is 1.03. The van der Waals surface area contributed by atoms with E-state index in [1.807, 2.05) is 36.4 Å². The monoisotopic (exact) mass is 270 g/mol. The second-order valence-electron chi connectivity index (χ2n) is 4.58. The van der Waals surface area contributed by atoms with E-state index < -0.39 is 0 Å². The summed E-state index contributed by atoms with van der Waals surface area (Å²) >= 11 is 0. The lowest BCUT2D eigenvalue weighted by Gasteiger charge is -2.09. The molecule has 0 unspecified atom stereocenters. The van der Waals surface area contributed by atoms with Gasteiger partial charge in [0.25, 0.3) is 0 Å². The molecule has 0 aliphatic carbocycles. The third kappa shape index (κ3) is 3.83. The Morgan fingerprint density at radius 2 is 1.80 bits per heavy atom. The number of nitrogens with two attached hydrogens (primary N) is 1. The molecule has 0 bridgehead atoms. The Balaban J connectivity index is 1.91. The number of carbonyl (C=O) groups is 1. The number of benzene rings is 2. The lowest BCUT2D eigenvalue weighted by atomic mass is 10.1. The van der Waals surface area contributed by atoms with E-state index in [4.69, 9.17) is 5.73 Å². The first-order valence-corrected chi connectivity index (χ1v) is 6.55. The van der Waals surface area contributed by atoms with Crippen molar-refractivity contribution in [1.82, 2.24) is 0 Å². The molecule has 4 N–H and O–H groups in total. The first-order valence-electron chi connectivity index (χ1n) is 6.55. The summed E-state index contributed by atoms with van der Waals surface area (Å²) in [6.45, 7) is 0.397. The van der Waals surface area contributed by atoms with E-state index in [1.54, 1.807) is 12.1 Å². The molecule has 4 nitrogen and oxygen atoms in total.